The van der Waals surface area contributed by atoms with Crippen LogP contribution in [0.25, 0.3) is 0 Å². The molecule has 0 saturated heterocycles. The van der Waals surface area contributed by atoms with Gasteiger partial charge in [0.1, 0.15) is 11.5 Å². The first-order valence-corrected chi connectivity index (χ1v) is 6.61. The van der Waals surface area contributed by atoms with Crippen molar-refractivity contribution in [3.8, 4) is 0 Å². The molecule has 0 aliphatic heterocycles. The number of rotatable bonds is 5. The second kappa shape index (κ2) is 4.96. The Balaban J connectivity index is 2.20. The van der Waals surface area contributed by atoms with Gasteiger partial charge >= 0.3 is 0 Å². The number of halogens is 2. The Bertz CT molecular complexity index is 516. The van der Waals surface area contributed by atoms with Gasteiger partial charge in [-0.2, -0.15) is 0 Å². The predicted octanol–water partition coefficient (Wildman–Crippen LogP) is 4.24. The number of nitro benzene ring substituents is 1. The molecule has 0 unspecified atom stereocenters. The van der Waals surface area contributed by atoms with Crippen molar-refractivity contribution < 1.29 is 9.31 Å². The maximum atomic E-state index is 13.4. The Labute approximate surface area is 116 Å². The Morgan fingerprint density at radius 3 is 2.63 bits per heavy atom. The van der Waals surface area contributed by atoms with Gasteiger partial charge in [0.25, 0.3) is 5.69 Å². The number of nitrogens with zero attached hydrogens (tertiary/aromatic N) is 1. The maximum Gasteiger partial charge on any atom is 0.294 e. The molecule has 6 heteroatoms. The summed E-state index contributed by atoms with van der Waals surface area (Å²) in [4.78, 5) is 10.4. The van der Waals surface area contributed by atoms with E-state index >= 15 is 0 Å². The van der Waals surface area contributed by atoms with Crippen LogP contribution in [0.15, 0.2) is 12.1 Å². The highest BCUT2D eigenvalue weighted by Gasteiger charge is 2.45. The van der Waals surface area contributed by atoms with Crippen molar-refractivity contribution in [2.45, 2.75) is 26.7 Å². The van der Waals surface area contributed by atoms with Crippen LogP contribution in [-0.2, 0) is 0 Å². The van der Waals surface area contributed by atoms with Crippen molar-refractivity contribution in [1.82, 2.24) is 0 Å². The van der Waals surface area contributed by atoms with E-state index in [4.69, 9.17) is 11.6 Å². The molecule has 1 aliphatic rings. The molecule has 0 aromatic heterocycles. The van der Waals surface area contributed by atoms with Gasteiger partial charge in [0, 0.05) is 18.7 Å². The summed E-state index contributed by atoms with van der Waals surface area (Å²) in [5.74, 6) is -0.152. The lowest BCUT2D eigenvalue weighted by Gasteiger charge is -2.20. The average molecular weight is 287 g/mol. The maximum absolute atomic E-state index is 13.4. The molecule has 2 rings (SSSR count). The van der Waals surface area contributed by atoms with Gasteiger partial charge in [-0.05, 0) is 24.2 Å². The summed E-state index contributed by atoms with van der Waals surface area (Å²) < 4.78 is 13.4. The minimum Gasteiger partial charge on any atom is -0.379 e. The summed E-state index contributed by atoms with van der Waals surface area (Å²) in [6, 6.07) is 2.14. The Morgan fingerprint density at radius 2 is 2.16 bits per heavy atom. The average Bonchev–Trinajstić information content (AvgIpc) is 3.11. The van der Waals surface area contributed by atoms with Gasteiger partial charge in [0.15, 0.2) is 0 Å². The van der Waals surface area contributed by atoms with E-state index in [1.807, 2.05) is 0 Å². The van der Waals surface area contributed by atoms with Crippen LogP contribution in [-0.4, -0.2) is 11.5 Å². The molecule has 1 fully saturated rings. The molecule has 1 N–H and O–H groups in total. The highest BCUT2D eigenvalue weighted by molar-refractivity contribution is 6.31. The largest absolute Gasteiger partial charge is 0.379 e. The summed E-state index contributed by atoms with van der Waals surface area (Å²) in [5.41, 5.74) is 0.189. The summed E-state index contributed by atoms with van der Waals surface area (Å²) in [7, 11) is 0. The van der Waals surface area contributed by atoms with Crippen LogP contribution >= 0.6 is 11.6 Å². The highest BCUT2D eigenvalue weighted by Crippen LogP contribution is 2.52. The zero-order chi connectivity index (χ0) is 14.2. The van der Waals surface area contributed by atoms with Crippen LogP contribution in [0.3, 0.4) is 0 Å². The summed E-state index contributed by atoms with van der Waals surface area (Å²) >= 11 is 5.58. The standard InChI is InChI=1S/C13H16ClFN2O2/c1-8(2)13(3-4-13)7-16-11-6-10(15)9(14)5-12(11)17(18)19/h5-6,8,16H,3-4,7H2,1-2H3. The number of hydrogen-bond donors (Lipinski definition) is 1. The minimum atomic E-state index is -0.649. The third-order valence-corrected chi connectivity index (χ3v) is 4.27. The van der Waals surface area contributed by atoms with E-state index in [2.05, 4.69) is 19.2 Å². The second-order valence-electron chi connectivity index (χ2n) is 5.41. The fourth-order valence-electron chi connectivity index (χ4n) is 2.22. The number of benzene rings is 1. The van der Waals surface area contributed by atoms with E-state index in [1.54, 1.807) is 0 Å². The Kier molecular flexibility index (Phi) is 3.67. The van der Waals surface area contributed by atoms with Crippen LogP contribution in [0.5, 0.6) is 0 Å². The van der Waals surface area contributed by atoms with E-state index in [1.165, 1.54) is 0 Å². The highest BCUT2D eigenvalue weighted by atomic mass is 35.5. The lowest BCUT2D eigenvalue weighted by molar-refractivity contribution is -0.384. The Morgan fingerprint density at radius 1 is 1.53 bits per heavy atom. The summed E-state index contributed by atoms with van der Waals surface area (Å²) in [6.45, 7) is 4.88. The van der Waals surface area contributed by atoms with E-state index in [-0.39, 0.29) is 21.8 Å². The molecule has 19 heavy (non-hydrogen) atoms. The van der Waals surface area contributed by atoms with Gasteiger partial charge < -0.3 is 5.32 Å². The fraction of sp³-hybridized carbons (Fsp3) is 0.538. The third-order valence-electron chi connectivity index (χ3n) is 3.98. The van der Waals surface area contributed by atoms with E-state index in [0.29, 0.717) is 12.5 Å². The normalized spacial score (nSPS) is 16.5. The van der Waals surface area contributed by atoms with Crippen LogP contribution in [0.1, 0.15) is 26.7 Å². The molecule has 0 amide bonds. The van der Waals surface area contributed by atoms with Gasteiger partial charge in [-0.3, -0.25) is 10.1 Å². The van der Waals surface area contributed by atoms with Gasteiger partial charge in [0.05, 0.1) is 9.95 Å². The van der Waals surface area contributed by atoms with Crippen molar-refractivity contribution in [3.05, 3.63) is 33.1 Å². The molecule has 1 saturated carbocycles. The van der Waals surface area contributed by atoms with Crippen molar-refractivity contribution in [1.29, 1.82) is 0 Å². The molecule has 4 nitrogen and oxygen atoms in total. The topological polar surface area (TPSA) is 55.2 Å². The van der Waals surface area contributed by atoms with E-state index in [9.17, 15) is 14.5 Å². The third kappa shape index (κ3) is 2.81. The van der Waals surface area contributed by atoms with Crippen molar-refractivity contribution in [3.63, 3.8) is 0 Å². The van der Waals surface area contributed by atoms with Crippen molar-refractivity contribution in [2.75, 3.05) is 11.9 Å². The van der Waals surface area contributed by atoms with Gasteiger partial charge in [-0.15, -0.1) is 0 Å². The molecule has 1 aromatic rings. The van der Waals surface area contributed by atoms with Crippen LogP contribution < -0.4 is 5.32 Å². The van der Waals surface area contributed by atoms with E-state index < -0.39 is 10.7 Å². The SMILES string of the molecule is CC(C)C1(CNc2cc(F)c(Cl)cc2[N+](=O)[O-])CC1. The first kappa shape index (κ1) is 14.1. The van der Waals surface area contributed by atoms with Crippen LogP contribution in [0.2, 0.25) is 5.02 Å². The van der Waals surface area contributed by atoms with Gasteiger partial charge in [-0.25, -0.2) is 4.39 Å². The zero-order valence-electron chi connectivity index (χ0n) is 10.9. The van der Waals surface area contributed by atoms with Crippen LogP contribution in [0.4, 0.5) is 15.8 Å². The van der Waals surface area contributed by atoms with Gasteiger partial charge in [0.2, 0.25) is 0 Å². The molecule has 0 heterocycles. The molecule has 0 bridgehead atoms. The lowest BCUT2D eigenvalue weighted by atomic mass is 9.92. The molecular formula is C13H16ClFN2O2. The number of hydrogen-bond acceptors (Lipinski definition) is 3. The zero-order valence-corrected chi connectivity index (χ0v) is 11.6. The quantitative estimate of drug-likeness (QED) is 0.651. The first-order valence-electron chi connectivity index (χ1n) is 6.23. The smallest absolute Gasteiger partial charge is 0.294 e. The molecule has 104 valence electrons. The van der Waals surface area contributed by atoms with E-state index in [0.717, 1.165) is 25.0 Å². The molecular weight excluding hydrogens is 271 g/mol. The summed E-state index contributed by atoms with van der Waals surface area (Å²) in [5, 5.41) is 13.7. The molecule has 0 radical (unpaired) electrons. The van der Waals surface area contributed by atoms with Gasteiger partial charge in [-0.1, -0.05) is 25.4 Å². The monoisotopic (exact) mass is 286 g/mol. The summed E-state index contributed by atoms with van der Waals surface area (Å²) in [6.07, 6.45) is 2.20. The molecule has 0 atom stereocenters. The molecule has 1 aliphatic carbocycles. The minimum absolute atomic E-state index is 0.185. The Hall–Kier alpha value is -1.36. The molecule has 1 aromatic carbocycles. The second-order valence-corrected chi connectivity index (χ2v) is 5.82. The molecule has 0 spiro atoms. The number of nitro groups is 1. The van der Waals surface area contributed by atoms with Crippen LogP contribution in [0, 0.1) is 27.3 Å². The predicted molar refractivity (Wildman–Crippen MR) is 73.1 cm³/mol. The van der Waals surface area contributed by atoms with Crippen molar-refractivity contribution in [2.24, 2.45) is 11.3 Å². The number of anilines is 1. The number of nitrogens with one attached hydrogen (secondary N) is 1. The first-order chi connectivity index (χ1) is 8.85. The lowest BCUT2D eigenvalue weighted by Crippen LogP contribution is -2.21. The van der Waals surface area contributed by atoms with Crippen molar-refractivity contribution >= 4 is 23.0 Å². The fourth-order valence-corrected chi connectivity index (χ4v) is 2.38.